The smallest absolute Gasteiger partial charge is 0.0833 e. The molecule has 0 aromatic heterocycles. The van der Waals surface area contributed by atoms with Crippen LogP contribution in [0.4, 0.5) is 0 Å². The van der Waals surface area contributed by atoms with Gasteiger partial charge in [0.15, 0.2) is 0 Å². The Morgan fingerprint density at radius 3 is 2.94 bits per heavy atom. The van der Waals surface area contributed by atoms with Gasteiger partial charge in [-0.15, -0.1) is 0 Å². The number of rotatable bonds is 3. The zero-order chi connectivity index (χ0) is 12.3. The van der Waals surface area contributed by atoms with Gasteiger partial charge in [-0.1, -0.05) is 24.3 Å². The molecule has 0 saturated carbocycles. The molecule has 1 saturated heterocycles. The Morgan fingerprint density at radius 1 is 1.47 bits per heavy atom. The summed E-state index contributed by atoms with van der Waals surface area (Å²) < 4.78 is 0. The lowest BCUT2D eigenvalue weighted by molar-refractivity contribution is 0.0586. The number of hydrogen-bond donors (Lipinski definition) is 2. The van der Waals surface area contributed by atoms with E-state index in [4.69, 9.17) is 5.73 Å². The zero-order valence-corrected chi connectivity index (χ0v) is 10.5. The van der Waals surface area contributed by atoms with Gasteiger partial charge in [-0.25, -0.2) is 0 Å². The molecule has 0 bridgehead atoms. The van der Waals surface area contributed by atoms with E-state index < -0.39 is 0 Å². The summed E-state index contributed by atoms with van der Waals surface area (Å²) in [5, 5.41) is 10.5. The molecular weight excluding hydrogens is 212 g/mol. The molecule has 0 radical (unpaired) electrons. The Balaban J connectivity index is 2.15. The molecule has 1 aromatic rings. The third-order valence-corrected chi connectivity index (χ3v) is 3.70. The second kappa shape index (κ2) is 5.63. The van der Waals surface area contributed by atoms with Crippen molar-refractivity contribution in [3.8, 4) is 0 Å². The van der Waals surface area contributed by atoms with Crippen molar-refractivity contribution in [3.63, 3.8) is 0 Å². The summed E-state index contributed by atoms with van der Waals surface area (Å²) in [5.41, 5.74) is 7.80. The molecule has 0 amide bonds. The number of hydrogen-bond acceptors (Lipinski definition) is 3. The van der Waals surface area contributed by atoms with Gasteiger partial charge >= 0.3 is 0 Å². The van der Waals surface area contributed by atoms with Crippen molar-refractivity contribution in [2.45, 2.75) is 25.5 Å². The van der Waals surface area contributed by atoms with Crippen LogP contribution >= 0.6 is 0 Å². The number of likely N-dealkylation sites (tertiary alicyclic amines) is 1. The summed E-state index contributed by atoms with van der Waals surface area (Å²) in [6.07, 6.45) is 1.89. The standard InChI is InChI=1S/C14H22N2O/c1-16-8-4-6-12(10-16)14(17)13-7-3-2-5-11(13)9-15/h2-3,5,7,12,14,17H,4,6,8-10,15H2,1H3. The van der Waals surface area contributed by atoms with Crippen LogP contribution in [0.25, 0.3) is 0 Å². The highest BCUT2D eigenvalue weighted by Crippen LogP contribution is 2.30. The van der Waals surface area contributed by atoms with Gasteiger partial charge in [0.2, 0.25) is 0 Å². The maximum absolute atomic E-state index is 10.5. The normalized spacial score (nSPS) is 23.6. The molecule has 0 spiro atoms. The quantitative estimate of drug-likeness (QED) is 0.833. The first kappa shape index (κ1) is 12.6. The molecule has 94 valence electrons. The molecule has 1 aliphatic heterocycles. The van der Waals surface area contributed by atoms with Gasteiger partial charge in [0.1, 0.15) is 0 Å². The lowest BCUT2D eigenvalue weighted by Gasteiger charge is -2.33. The molecule has 1 fully saturated rings. The third kappa shape index (κ3) is 2.86. The van der Waals surface area contributed by atoms with E-state index in [2.05, 4.69) is 11.9 Å². The molecular formula is C14H22N2O. The van der Waals surface area contributed by atoms with Crippen LogP contribution in [-0.4, -0.2) is 30.1 Å². The number of benzene rings is 1. The number of nitrogens with two attached hydrogens (primary N) is 1. The number of piperidine rings is 1. The van der Waals surface area contributed by atoms with Gasteiger partial charge in [-0.3, -0.25) is 0 Å². The van der Waals surface area contributed by atoms with E-state index >= 15 is 0 Å². The Kier molecular flexibility index (Phi) is 4.15. The lowest BCUT2D eigenvalue weighted by Crippen LogP contribution is -2.35. The Hall–Kier alpha value is -0.900. The lowest BCUT2D eigenvalue weighted by atomic mass is 9.87. The molecule has 1 aliphatic rings. The van der Waals surface area contributed by atoms with Crippen molar-refractivity contribution >= 4 is 0 Å². The second-order valence-corrected chi connectivity index (χ2v) is 5.01. The minimum Gasteiger partial charge on any atom is -0.388 e. The first-order valence-electron chi connectivity index (χ1n) is 6.37. The van der Waals surface area contributed by atoms with Crippen LogP contribution in [0.15, 0.2) is 24.3 Å². The Morgan fingerprint density at radius 2 is 2.24 bits per heavy atom. The predicted molar refractivity (Wildman–Crippen MR) is 69.5 cm³/mol. The van der Waals surface area contributed by atoms with Crippen molar-refractivity contribution in [1.82, 2.24) is 4.90 Å². The Bertz CT molecular complexity index is 367. The van der Waals surface area contributed by atoms with Crippen LogP contribution in [0.2, 0.25) is 0 Å². The summed E-state index contributed by atoms with van der Waals surface area (Å²) in [5.74, 6) is 0.335. The van der Waals surface area contributed by atoms with E-state index in [9.17, 15) is 5.11 Å². The summed E-state index contributed by atoms with van der Waals surface area (Å²) in [4.78, 5) is 2.29. The summed E-state index contributed by atoms with van der Waals surface area (Å²) >= 11 is 0. The maximum Gasteiger partial charge on any atom is 0.0833 e. The fourth-order valence-electron chi connectivity index (χ4n) is 2.73. The van der Waals surface area contributed by atoms with E-state index in [1.54, 1.807) is 0 Å². The molecule has 3 heteroatoms. The van der Waals surface area contributed by atoms with Gasteiger partial charge < -0.3 is 15.7 Å². The van der Waals surface area contributed by atoms with Gasteiger partial charge in [0, 0.05) is 19.0 Å². The van der Waals surface area contributed by atoms with Gasteiger partial charge in [0.25, 0.3) is 0 Å². The Labute approximate surface area is 103 Å². The summed E-state index contributed by atoms with van der Waals surface area (Å²) in [6.45, 7) is 2.61. The number of aliphatic hydroxyl groups excluding tert-OH is 1. The average molecular weight is 234 g/mol. The van der Waals surface area contributed by atoms with Crippen molar-refractivity contribution in [2.75, 3.05) is 20.1 Å². The minimum absolute atomic E-state index is 0.335. The average Bonchev–Trinajstić information content (AvgIpc) is 2.38. The molecule has 2 rings (SSSR count). The molecule has 2 unspecified atom stereocenters. The van der Waals surface area contributed by atoms with Crippen molar-refractivity contribution in [3.05, 3.63) is 35.4 Å². The zero-order valence-electron chi connectivity index (χ0n) is 10.5. The first-order chi connectivity index (χ1) is 8.22. The van der Waals surface area contributed by atoms with Crippen molar-refractivity contribution < 1.29 is 5.11 Å². The second-order valence-electron chi connectivity index (χ2n) is 5.01. The highest BCUT2D eigenvalue weighted by molar-refractivity contribution is 5.29. The fraction of sp³-hybridized carbons (Fsp3) is 0.571. The SMILES string of the molecule is CN1CCCC(C(O)c2ccccc2CN)C1. The van der Waals surface area contributed by atoms with Crippen LogP contribution in [0.3, 0.4) is 0 Å². The molecule has 17 heavy (non-hydrogen) atoms. The highest BCUT2D eigenvalue weighted by Gasteiger charge is 2.26. The van der Waals surface area contributed by atoms with Crippen LogP contribution < -0.4 is 5.73 Å². The molecule has 1 heterocycles. The number of nitrogens with zero attached hydrogens (tertiary/aromatic N) is 1. The molecule has 3 N–H and O–H groups in total. The van der Waals surface area contributed by atoms with Gasteiger partial charge in [-0.2, -0.15) is 0 Å². The monoisotopic (exact) mass is 234 g/mol. The predicted octanol–water partition coefficient (Wildman–Crippen LogP) is 1.52. The first-order valence-corrected chi connectivity index (χ1v) is 6.37. The van der Waals surface area contributed by atoms with E-state index in [0.717, 1.165) is 30.6 Å². The fourth-order valence-corrected chi connectivity index (χ4v) is 2.73. The largest absolute Gasteiger partial charge is 0.388 e. The summed E-state index contributed by atoms with van der Waals surface area (Å²) in [7, 11) is 2.12. The van der Waals surface area contributed by atoms with Crippen LogP contribution in [0, 0.1) is 5.92 Å². The van der Waals surface area contributed by atoms with Crippen molar-refractivity contribution in [2.24, 2.45) is 11.7 Å². The van der Waals surface area contributed by atoms with E-state index in [1.165, 1.54) is 6.42 Å². The van der Waals surface area contributed by atoms with Crippen LogP contribution in [0.5, 0.6) is 0 Å². The highest BCUT2D eigenvalue weighted by atomic mass is 16.3. The third-order valence-electron chi connectivity index (χ3n) is 3.70. The van der Waals surface area contributed by atoms with E-state index in [1.807, 2.05) is 24.3 Å². The number of aliphatic hydroxyl groups is 1. The molecule has 2 atom stereocenters. The maximum atomic E-state index is 10.5. The van der Waals surface area contributed by atoms with E-state index in [-0.39, 0.29) is 6.10 Å². The van der Waals surface area contributed by atoms with Crippen molar-refractivity contribution in [1.29, 1.82) is 0 Å². The van der Waals surface area contributed by atoms with Crippen LogP contribution in [0.1, 0.15) is 30.1 Å². The van der Waals surface area contributed by atoms with Gasteiger partial charge in [0.05, 0.1) is 6.10 Å². The molecule has 1 aromatic carbocycles. The minimum atomic E-state index is -0.377. The van der Waals surface area contributed by atoms with E-state index in [0.29, 0.717) is 12.5 Å². The molecule has 3 nitrogen and oxygen atoms in total. The molecule has 0 aliphatic carbocycles. The van der Waals surface area contributed by atoms with Gasteiger partial charge in [-0.05, 0) is 37.6 Å². The summed E-state index contributed by atoms with van der Waals surface area (Å²) in [6, 6.07) is 7.96. The topological polar surface area (TPSA) is 49.5 Å². The van der Waals surface area contributed by atoms with Crippen LogP contribution in [-0.2, 0) is 6.54 Å².